The van der Waals surface area contributed by atoms with Crippen LogP contribution >= 0.6 is 0 Å². The highest BCUT2D eigenvalue weighted by molar-refractivity contribution is 6.25. The maximum atomic E-state index is 13.7. The predicted molar refractivity (Wildman–Crippen MR) is 112 cm³/mol. The number of rotatable bonds is 3. The zero-order chi connectivity index (χ0) is 21.8. The van der Waals surface area contributed by atoms with Crippen LogP contribution in [0.25, 0.3) is 0 Å². The molecule has 0 unspecified atom stereocenters. The number of hydrogen-bond acceptors (Lipinski definition) is 5. The topological polar surface area (TPSA) is 70.1 Å². The van der Waals surface area contributed by atoms with Crippen molar-refractivity contribution in [2.45, 2.75) is 19.1 Å². The van der Waals surface area contributed by atoms with Crippen molar-refractivity contribution < 1.29 is 23.9 Å². The van der Waals surface area contributed by atoms with Gasteiger partial charge in [-0.2, -0.15) is 0 Å². The van der Waals surface area contributed by atoms with Crippen LogP contribution in [-0.2, 0) is 14.4 Å². The van der Waals surface area contributed by atoms with E-state index in [0.29, 0.717) is 11.3 Å². The lowest BCUT2D eigenvalue weighted by atomic mass is 9.76. The largest absolute Gasteiger partial charge is 0.508 e. The minimum atomic E-state index is -1.32. The van der Waals surface area contributed by atoms with Crippen molar-refractivity contribution in [3.63, 3.8) is 0 Å². The molecule has 2 aliphatic rings. The number of hydrogen-bond donors (Lipinski definition) is 1. The fourth-order valence-corrected chi connectivity index (χ4v) is 4.45. The van der Waals surface area contributed by atoms with Gasteiger partial charge < -0.3 is 5.11 Å². The van der Waals surface area contributed by atoms with Gasteiger partial charge in [-0.05, 0) is 49.4 Å². The van der Waals surface area contributed by atoms with Crippen LogP contribution in [0.15, 0.2) is 78.9 Å². The Morgan fingerprint density at radius 2 is 1.55 bits per heavy atom. The van der Waals surface area contributed by atoms with Gasteiger partial charge >= 0.3 is 0 Å². The van der Waals surface area contributed by atoms with E-state index in [4.69, 9.17) is 4.84 Å². The third kappa shape index (κ3) is 2.74. The summed E-state index contributed by atoms with van der Waals surface area (Å²) in [6, 6.07) is 20.2. The van der Waals surface area contributed by atoms with Crippen molar-refractivity contribution in [1.82, 2.24) is 0 Å². The Kier molecular flexibility index (Phi) is 4.30. The Morgan fingerprint density at radius 3 is 2.23 bits per heavy atom. The third-order valence-corrected chi connectivity index (χ3v) is 6.00. The van der Waals surface area contributed by atoms with E-state index in [2.05, 4.69) is 0 Å². The van der Waals surface area contributed by atoms with Crippen LogP contribution in [0.4, 0.5) is 15.8 Å². The molecule has 5 rings (SSSR count). The Labute approximate surface area is 178 Å². The average Bonchev–Trinajstić information content (AvgIpc) is 3.19. The molecule has 3 aromatic carbocycles. The van der Waals surface area contributed by atoms with Gasteiger partial charge in [0.2, 0.25) is 5.91 Å². The molecule has 7 heteroatoms. The number of phenols is 1. The highest BCUT2D eigenvalue weighted by Crippen LogP contribution is 2.56. The maximum Gasteiger partial charge on any atom is 0.266 e. The van der Waals surface area contributed by atoms with E-state index < -0.39 is 35.2 Å². The molecule has 3 atom stereocenters. The summed E-state index contributed by atoms with van der Waals surface area (Å²) in [6.45, 7) is 1.67. The van der Waals surface area contributed by atoms with Crippen molar-refractivity contribution in [3.05, 3.63) is 90.2 Å². The number of nitrogens with zero attached hydrogens (tertiary/aromatic N) is 2. The van der Waals surface area contributed by atoms with E-state index in [-0.39, 0.29) is 11.4 Å². The number of fused-ring (bicyclic) bond motifs is 1. The molecular formula is C24H19FN2O4. The van der Waals surface area contributed by atoms with Crippen molar-refractivity contribution in [2.75, 3.05) is 9.96 Å². The normalized spacial score (nSPS) is 25.2. The number of phenolic OH excluding ortho intramolecular Hbond substituents is 1. The highest BCUT2D eigenvalue weighted by Gasteiger charge is 2.69. The smallest absolute Gasteiger partial charge is 0.266 e. The molecule has 3 aromatic rings. The average molecular weight is 418 g/mol. The molecule has 0 spiro atoms. The van der Waals surface area contributed by atoms with Gasteiger partial charge in [0.1, 0.15) is 23.0 Å². The molecule has 2 fully saturated rings. The van der Waals surface area contributed by atoms with Gasteiger partial charge in [-0.25, -0.2) is 14.4 Å². The van der Waals surface area contributed by atoms with Crippen molar-refractivity contribution >= 4 is 23.2 Å². The highest BCUT2D eigenvalue weighted by atomic mass is 19.1. The van der Waals surface area contributed by atoms with Gasteiger partial charge in [0.05, 0.1) is 11.4 Å². The van der Waals surface area contributed by atoms with Crippen LogP contribution < -0.4 is 9.96 Å². The quantitative estimate of drug-likeness (QED) is 0.652. The first-order valence-electron chi connectivity index (χ1n) is 9.86. The summed E-state index contributed by atoms with van der Waals surface area (Å²) in [5.74, 6) is -1.47. The number of para-hydroxylation sites is 2. The minimum Gasteiger partial charge on any atom is -0.508 e. The van der Waals surface area contributed by atoms with Gasteiger partial charge in [-0.1, -0.05) is 36.4 Å². The number of carbonyl (C=O) groups excluding carboxylic acids is 2. The SMILES string of the molecule is C[C@]12C(=O)N(c3ccc(F)cc3)C(=O)[C@@H]1ON(c1ccccc1)[C@H]2c1ccccc1O. The van der Waals surface area contributed by atoms with Gasteiger partial charge in [0.15, 0.2) is 6.10 Å². The van der Waals surface area contributed by atoms with E-state index in [1.54, 1.807) is 25.1 Å². The summed E-state index contributed by atoms with van der Waals surface area (Å²) in [4.78, 5) is 34.2. The van der Waals surface area contributed by atoms with Gasteiger partial charge in [-0.3, -0.25) is 14.4 Å². The van der Waals surface area contributed by atoms with Crippen LogP contribution in [0, 0.1) is 11.2 Å². The van der Waals surface area contributed by atoms with E-state index >= 15 is 0 Å². The predicted octanol–water partition coefficient (Wildman–Crippen LogP) is 3.97. The number of amides is 2. The van der Waals surface area contributed by atoms with Crippen LogP contribution in [0.1, 0.15) is 18.5 Å². The second kappa shape index (κ2) is 6.92. The third-order valence-electron chi connectivity index (χ3n) is 6.00. The molecule has 0 aromatic heterocycles. The second-order valence-corrected chi connectivity index (χ2v) is 7.85. The molecule has 2 aliphatic heterocycles. The number of anilines is 2. The molecule has 0 aliphatic carbocycles. The summed E-state index contributed by atoms with van der Waals surface area (Å²) < 4.78 is 13.4. The van der Waals surface area contributed by atoms with Crippen LogP contribution in [-0.4, -0.2) is 23.0 Å². The molecule has 0 radical (unpaired) electrons. The molecular weight excluding hydrogens is 399 g/mol. The Balaban J connectivity index is 1.66. The monoisotopic (exact) mass is 418 g/mol. The molecule has 1 N–H and O–H groups in total. The molecule has 2 heterocycles. The minimum absolute atomic E-state index is 0.000567. The first-order chi connectivity index (χ1) is 14.9. The van der Waals surface area contributed by atoms with Crippen molar-refractivity contribution in [3.8, 4) is 5.75 Å². The van der Waals surface area contributed by atoms with E-state index in [9.17, 15) is 19.1 Å². The standard InChI is InChI=1S/C24H19FN2O4/c1-24-20(18-9-5-6-10-19(18)28)27(17-7-3-2-4-8-17)31-21(24)22(29)26(23(24)30)16-13-11-15(25)12-14-16/h2-14,20-21,28H,1H3/t20-,21-,24+/m0/s1. The summed E-state index contributed by atoms with van der Waals surface area (Å²) >= 11 is 0. The zero-order valence-corrected chi connectivity index (χ0v) is 16.6. The van der Waals surface area contributed by atoms with Crippen LogP contribution in [0.5, 0.6) is 5.75 Å². The van der Waals surface area contributed by atoms with Gasteiger partial charge in [0, 0.05) is 5.56 Å². The Morgan fingerprint density at radius 1 is 0.903 bits per heavy atom. The molecule has 0 bridgehead atoms. The van der Waals surface area contributed by atoms with Crippen LogP contribution in [0.2, 0.25) is 0 Å². The number of hydroxylamine groups is 1. The summed E-state index contributed by atoms with van der Waals surface area (Å²) in [7, 11) is 0. The Bertz CT molecular complexity index is 1170. The number of benzene rings is 3. The van der Waals surface area contributed by atoms with Crippen molar-refractivity contribution in [1.29, 1.82) is 0 Å². The van der Waals surface area contributed by atoms with Gasteiger partial charge in [0.25, 0.3) is 5.91 Å². The molecule has 6 nitrogen and oxygen atoms in total. The molecule has 156 valence electrons. The van der Waals surface area contributed by atoms with E-state index in [0.717, 1.165) is 4.90 Å². The van der Waals surface area contributed by atoms with Crippen molar-refractivity contribution in [2.24, 2.45) is 5.41 Å². The first kappa shape index (κ1) is 19.3. The Hall–Kier alpha value is -3.71. The number of aromatic hydroxyl groups is 1. The zero-order valence-electron chi connectivity index (χ0n) is 16.6. The molecule has 2 saturated heterocycles. The number of imide groups is 1. The number of halogens is 1. The second-order valence-electron chi connectivity index (χ2n) is 7.85. The fraction of sp³-hybridized carbons (Fsp3) is 0.167. The molecule has 2 amide bonds. The van der Waals surface area contributed by atoms with E-state index in [1.807, 2.05) is 30.3 Å². The lowest BCUT2D eigenvalue weighted by Gasteiger charge is -2.33. The number of carbonyl (C=O) groups is 2. The maximum absolute atomic E-state index is 13.7. The van der Waals surface area contributed by atoms with Crippen LogP contribution in [0.3, 0.4) is 0 Å². The summed E-state index contributed by atoms with van der Waals surface area (Å²) in [6.07, 6.45) is -1.10. The first-order valence-corrected chi connectivity index (χ1v) is 9.86. The van der Waals surface area contributed by atoms with E-state index in [1.165, 1.54) is 35.4 Å². The molecule has 31 heavy (non-hydrogen) atoms. The molecule has 0 saturated carbocycles. The van der Waals surface area contributed by atoms with Gasteiger partial charge in [-0.15, -0.1) is 0 Å². The summed E-state index contributed by atoms with van der Waals surface area (Å²) in [5, 5.41) is 12.1. The lowest BCUT2D eigenvalue weighted by molar-refractivity contribution is -0.128. The summed E-state index contributed by atoms with van der Waals surface area (Å²) in [5.41, 5.74) is 0.0804. The lowest BCUT2D eigenvalue weighted by Crippen LogP contribution is -2.41. The fourth-order valence-electron chi connectivity index (χ4n) is 4.45.